The zero-order valence-corrected chi connectivity index (χ0v) is 79.1. The minimum Gasteiger partial charge on any atom is -0.476 e. The van der Waals surface area contributed by atoms with Crippen molar-refractivity contribution < 1.29 is 168 Å². The molecule has 6 aliphatic rings. The second-order valence-electron chi connectivity index (χ2n) is 30.3. The summed E-state index contributed by atoms with van der Waals surface area (Å²) in [5, 5.41) is 14.8. The molecule has 0 saturated heterocycles. The fourth-order valence-electron chi connectivity index (χ4n) is 12.5. The van der Waals surface area contributed by atoms with Crippen LogP contribution in [0.1, 0.15) is 186 Å². The van der Waals surface area contributed by atoms with Gasteiger partial charge in [-0.3, -0.25) is 4.79 Å². The van der Waals surface area contributed by atoms with Crippen molar-refractivity contribution in [3.05, 3.63) is 210 Å². The minimum atomic E-state index is -4.87. The van der Waals surface area contributed by atoms with Crippen LogP contribution in [0.25, 0.3) is 27.9 Å². The topological polar surface area (TPSA) is 509 Å². The van der Waals surface area contributed by atoms with Crippen molar-refractivity contribution >= 4 is 124 Å². The average molecular weight is 2080 g/mol. The number of hydrogen-bond acceptors (Lipinski definition) is 34. The monoisotopic (exact) mass is 2080 g/mol. The number of esters is 4. The largest absolute Gasteiger partial charge is 0.573 e. The number of carboxylic acids is 1. The number of rotatable bonds is 25. The quantitative estimate of drug-likeness (QED) is 0.0272. The van der Waals surface area contributed by atoms with Crippen molar-refractivity contribution in [1.29, 1.82) is 0 Å². The van der Waals surface area contributed by atoms with Gasteiger partial charge >= 0.3 is 55.0 Å². The molecule has 3 aromatic carbocycles. The summed E-state index contributed by atoms with van der Waals surface area (Å²) in [7, 11) is -11.8. The molecule has 9 aromatic rings. The van der Waals surface area contributed by atoms with Gasteiger partial charge in [0.25, 0.3) is 11.3 Å². The number of aromatic carboxylic acids is 1. The van der Waals surface area contributed by atoms with Gasteiger partial charge in [-0.2, -0.15) is 17.9 Å². The number of nitrogens with one attached hydrogen (secondary N) is 2. The van der Waals surface area contributed by atoms with Gasteiger partial charge in [0.2, 0.25) is 59.5 Å². The van der Waals surface area contributed by atoms with Crippen molar-refractivity contribution in [2.75, 3.05) is 91.9 Å². The first-order valence-electron chi connectivity index (χ1n) is 42.0. The first-order valence-corrected chi connectivity index (χ1v) is 46.7. The molecule has 2 amide bonds. The van der Waals surface area contributed by atoms with Crippen LogP contribution in [0.3, 0.4) is 0 Å². The molecule has 1 fully saturated rings. The Morgan fingerprint density at radius 2 is 0.729 bits per heavy atom. The predicted molar refractivity (Wildman–Crippen MR) is 472 cm³/mol. The van der Waals surface area contributed by atoms with Gasteiger partial charge in [0.1, 0.15) is 60.4 Å². The summed E-state index contributed by atoms with van der Waals surface area (Å²) in [4.78, 5) is 105. The molecule has 1 saturated carbocycles. The lowest BCUT2D eigenvalue weighted by atomic mass is 10.1. The lowest BCUT2D eigenvalue weighted by molar-refractivity contribution is -0.275. The number of alkyl halides is 9. The Balaban J connectivity index is 0.000000192. The molecule has 54 heteroatoms. The van der Waals surface area contributed by atoms with Crippen LogP contribution < -0.4 is 24.8 Å². The number of hydrogen-bond donors (Lipinski definition) is 3. The van der Waals surface area contributed by atoms with Crippen LogP contribution in [0, 0.1) is 0 Å². The molecule has 0 spiro atoms. The number of nitrogens with zero attached hydrogens (tertiary/aromatic N) is 10. The van der Waals surface area contributed by atoms with E-state index in [0.717, 1.165) is 133 Å². The highest BCUT2D eigenvalue weighted by Gasteiger charge is 2.38. The molecule has 0 bridgehead atoms. The molecule has 0 atom stereocenters. The maximum atomic E-state index is 12.8. The first-order chi connectivity index (χ1) is 65.6. The Bertz CT molecular complexity index is 6320. The van der Waals surface area contributed by atoms with Crippen LogP contribution in [0.15, 0.2) is 182 Å². The maximum absolute atomic E-state index is 12.8. The number of oxazole rings is 6. The smallest absolute Gasteiger partial charge is 0.476 e. The lowest BCUT2D eigenvalue weighted by Crippen LogP contribution is -2.39. The summed E-state index contributed by atoms with van der Waals surface area (Å²) in [6.45, 7) is 16.5. The fourth-order valence-corrected chi connectivity index (χ4v) is 16.8. The molecule has 6 aromatic heterocycles. The number of ether oxygens (including phenoxy) is 8. The average Bonchev–Trinajstić information content (AvgIpc) is 1.51. The molecule has 140 heavy (non-hydrogen) atoms. The molecule has 15 rings (SSSR count). The number of benzene rings is 3. The van der Waals surface area contributed by atoms with Gasteiger partial charge in [-0.05, 0) is 184 Å². The highest BCUT2D eigenvalue weighted by Crippen LogP contribution is 2.35. The molecule has 758 valence electrons. The fraction of sp³-hybridized carbons (Fsp3) is 0.384. The van der Waals surface area contributed by atoms with Gasteiger partial charge in [-0.1, -0.05) is 30.4 Å². The Hall–Kier alpha value is -13.3. The van der Waals surface area contributed by atoms with Gasteiger partial charge in [0.05, 0.1) is 41.1 Å². The van der Waals surface area contributed by atoms with Crippen molar-refractivity contribution in [2.45, 2.75) is 139 Å². The number of aromatic nitrogens is 6. The third-order valence-electron chi connectivity index (χ3n) is 19.2. The van der Waals surface area contributed by atoms with Crippen molar-refractivity contribution in [1.82, 2.24) is 58.4 Å². The highest BCUT2D eigenvalue weighted by molar-refractivity contribution is 7.89. The second-order valence-corrected chi connectivity index (χ2v) is 36.4. The molecule has 40 nitrogen and oxygen atoms in total. The van der Waals surface area contributed by atoms with E-state index in [-0.39, 0.29) is 168 Å². The number of halogens is 11. The number of carboxylic acid groups (broad SMARTS) is 1. The predicted octanol–water partition coefficient (Wildman–Crippen LogP) is 15.0. The van der Waals surface area contributed by atoms with E-state index < -0.39 is 102 Å². The lowest BCUT2D eigenvalue weighted by Gasteiger charge is -2.29. The Kier molecular flexibility index (Phi) is 38.7. The summed E-state index contributed by atoms with van der Waals surface area (Å²) in [6.07, 6.45) is 5.09. The molecular formula is C86H91Cl2F9N12O28S3. The Morgan fingerprint density at radius 1 is 0.429 bits per heavy atom. The van der Waals surface area contributed by atoms with Crippen molar-refractivity contribution in [3.8, 4) is 17.2 Å². The van der Waals surface area contributed by atoms with Gasteiger partial charge in [0.15, 0.2) is 34.2 Å². The standard InChI is InChI=1S/C19H18F3N3O5S.C18H17F3N2O6S.C16H13F3N2O6S.C16H22N2O5.C11H14N2O3.C6H6ClNO3.ClH/c20-19(21,22)30-14-3-5-15(6-4-14)31(27,28)25-9-7-12(8-10-25)18-24-16(11-29-18)17(26)23-13-1-2-13;1-2-27-17(24)15-11-28-16(22-15)12-7-9-23(10-8-12)30(25,26)14-5-3-13(4-6-14)29-18(19,20)21;17-16(18,19)27-11-1-3-12(4-2-11)28(24,25)21-7-5-10(6-8-21)14-20-13(9-26-14)15(22)23;1-5-21-14(19)12-10-22-13(17-12)11-6-8-18(9-7-11)15(20)23-16(2,3)4;1-2-15-11(14)9-7-16-10(13-9)8-3-5-12-6-4-8;1-2-10-5(9)4-3-11-6(7)8-4;/h3-7,11,13H,1-2,8-10H2,(H,23,26);3-7,11H,2,8-10H2,1H3;1-5,9H,6-8H2,(H,22,23);6,10H,5,7-9H2,1-4H3;3,7,12H,2,4-6H2,1H3;3H,2H2,1H3;1H. The first kappa shape index (κ1) is 110. The number of amides is 2. The van der Waals surface area contributed by atoms with Gasteiger partial charge < -0.3 is 85.0 Å². The van der Waals surface area contributed by atoms with Crippen molar-refractivity contribution in [3.63, 3.8) is 0 Å². The summed E-state index contributed by atoms with van der Waals surface area (Å²) in [6, 6.07) is 12.1. The Morgan fingerprint density at radius 3 is 0.993 bits per heavy atom. The van der Waals surface area contributed by atoms with Crippen molar-refractivity contribution in [2.24, 2.45) is 0 Å². The molecular weight excluding hydrogens is 1990 g/mol. The molecule has 3 N–H and O–H groups in total. The molecule has 0 unspecified atom stereocenters. The van der Waals surface area contributed by atoms with E-state index in [1.165, 1.54) is 33.7 Å². The third kappa shape index (κ3) is 32.7. The molecule has 1 aliphatic carbocycles. The summed E-state index contributed by atoms with van der Waals surface area (Å²) in [5.41, 5.74) is 3.65. The van der Waals surface area contributed by atoms with Crippen LogP contribution in [-0.4, -0.2) is 243 Å². The van der Waals surface area contributed by atoms with Crippen LogP contribution in [0.4, 0.5) is 44.3 Å². The maximum Gasteiger partial charge on any atom is 0.573 e. The van der Waals surface area contributed by atoms with Gasteiger partial charge in [0, 0.05) is 92.8 Å². The summed E-state index contributed by atoms with van der Waals surface area (Å²) in [5.74, 6) is -3.72. The normalized spacial score (nSPS) is 15.5. The number of carbonyl (C=O) groups excluding carboxylic acids is 6. The van der Waals surface area contributed by atoms with Crippen LogP contribution >= 0.6 is 24.0 Å². The van der Waals surface area contributed by atoms with E-state index in [2.05, 4.69) is 63.9 Å². The minimum absolute atomic E-state index is 0. The highest BCUT2D eigenvalue weighted by atomic mass is 35.5. The molecule has 0 radical (unpaired) electrons. The van der Waals surface area contributed by atoms with Crippen LogP contribution in [-0.2, 0) is 53.8 Å². The zero-order chi connectivity index (χ0) is 101. The van der Waals surface area contributed by atoms with Gasteiger partial charge in [-0.15, -0.1) is 51.9 Å². The zero-order valence-electron chi connectivity index (χ0n) is 75.1. The summed E-state index contributed by atoms with van der Waals surface area (Å²) >= 11 is 5.32. The summed E-state index contributed by atoms with van der Waals surface area (Å²) < 4.78 is 256. The van der Waals surface area contributed by atoms with Gasteiger partial charge in [-0.25, -0.2) is 78.9 Å². The molecule has 5 aliphatic heterocycles. The second kappa shape index (κ2) is 49.0. The Labute approximate surface area is 803 Å². The van der Waals surface area contributed by atoms with Crippen LogP contribution in [0.5, 0.6) is 17.2 Å². The van der Waals surface area contributed by atoms with E-state index in [4.69, 9.17) is 57.7 Å². The van der Waals surface area contributed by atoms with E-state index in [9.17, 15) is 98.3 Å². The van der Waals surface area contributed by atoms with E-state index in [0.29, 0.717) is 67.6 Å². The van der Waals surface area contributed by atoms with E-state index >= 15 is 0 Å². The number of sulfonamides is 3. The van der Waals surface area contributed by atoms with Crippen LogP contribution in [0.2, 0.25) is 5.35 Å². The van der Waals surface area contributed by atoms with E-state index in [1.807, 2.05) is 32.9 Å². The molecule has 11 heterocycles. The van der Waals surface area contributed by atoms with E-state index in [1.54, 1.807) is 50.8 Å². The third-order valence-corrected chi connectivity index (χ3v) is 25.0. The number of carbonyl (C=O) groups is 7. The SMILES string of the molecule is CCOC(=O)c1coc(C2=CCN(C(=O)OC(C)(C)C)CC2)n1.CCOC(=O)c1coc(C2=CCN(S(=O)(=O)c3ccc(OC(F)(F)F)cc3)CC2)n1.CCOC(=O)c1coc(C2=CCNCC2)n1.CCOC(=O)c1coc(Cl)n1.Cl.O=C(NC1CC1)c1coc(C2=CCN(S(=O)(=O)c3ccc(OC(F)(F)F)cc3)CC2)n1.O=C(O)c1coc(C2=CCN(S(=O)(=O)c3ccc(OC(F)(F)F)cc3)CC2)n1.